The van der Waals surface area contributed by atoms with Gasteiger partial charge in [0.15, 0.2) is 0 Å². The number of rotatable bonds is 4. The fourth-order valence-corrected chi connectivity index (χ4v) is 2.00. The molecule has 0 amide bonds. The Hall–Kier alpha value is -0.330. The van der Waals surface area contributed by atoms with E-state index >= 15 is 0 Å². The van der Waals surface area contributed by atoms with Crippen molar-refractivity contribution in [2.75, 3.05) is 40.0 Å². The number of alkyl halides is 3. The molecule has 1 fully saturated rings. The molecule has 0 aromatic carbocycles. The lowest BCUT2D eigenvalue weighted by atomic mass is 9.87. The lowest BCUT2D eigenvalue weighted by molar-refractivity contribution is -0.233. The summed E-state index contributed by atoms with van der Waals surface area (Å²) in [5.74, 6) is 0. The Labute approximate surface area is 86.8 Å². The van der Waals surface area contributed by atoms with Gasteiger partial charge in [0.2, 0.25) is 0 Å². The lowest BCUT2D eigenvalue weighted by Crippen LogP contribution is -2.44. The fourth-order valence-electron chi connectivity index (χ4n) is 2.00. The minimum Gasteiger partial charge on any atom is -0.395 e. The number of ether oxygens (including phenoxy) is 1. The average molecular weight is 227 g/mol. The Bertz CT molecular complexity index is 210. The summed E-state index contributed by atoms with van der Waals surface area (Å²) in [5, 5.41) is 8.68. The third-order valence-electron chi connectivity index (χ3n) is 2.87. The second kappa shape index (κ2) is 4.67. The Kier molecular flexibility index (Phi) is 3.97. The predicted molar refractivity (Wildman–Crippen MR) is 48.5 cm³/mol. The zero-order chi connectivity index (χ0) is 11.5. The van der Waals surface area contributed by atoms with Crippen molar-refractivity contribution in [3.8, 4) is 0 Å². The zero-order valence-corrected chi connectivity index (χ0v) is 8.68. The highest BCUT2D eigenvalue weighted by molar-refractivity contribution is 4.95. The van der Waals surface area contributed by atoms with E-state index in [9.17, 15) is 13.2 Å². The zero-order valence-electron chi connectivity index (χ0n) is 8.68. The highest BCUT2D eigenvalue weighted by Gasteiger charge is 2.57. The summed E-state index contributed by atoms with van der Waals surface area (Å²) in [5.41, 5.74) is -1.75. The van der Waals surface area contributed by atoms with Gasteiger partial charge in [-0.2, -0.15) is 13.2 Å². The molecule has 0 aromatic rings. The van der Waals surface area contributed by atoms with E-state index < -0.39 is 11.6 Å². The Morgan fingerprint density at radius 2 is 2.13 bits per heavy atom. The second-order valence-electron chi connectivity index (χ2n) is 3.96. The molecule has 6 heteroatoms. The number of likely N-dealkylation sites (tertiary alicyclic amines) is 1. The van der Waals surface area contributed by atoms with Crippen LogP contribution in [0.1, 0.15) is 6.42 Å². The molecule has 1 unspecified atom stereocenters. The number of halogens is 3. The highest BCUT2D eigenvalue weighted by Crippen LogP contribution is 2.45. The summed E-state index contributed by atoms with van der Waals surface area (Å²) in [4.78, 5) is 1.62. The fraction of sp³-hybridized carbons (Fsp3) is 1.00. The van der Waals surface area contributed by atoms with E-state index in [1.807, 2.05) is 0 Å². The molecule has 1 heterocycles. The molecule has 1 saturated heterocycles. The van der Waals surface area contributed by atoms with E-state index in [0.717, 1.165) is 0 Å². The van der Waals surface area contributed by atoms with Gasteiger partial charge in [-0.25, -0.2) is 0 Å². The quantitative estimate of drug-likeness (QED) is 0.774. The molecule has 1 aliphatic heterocycles. The van der Waals surface area contributed by atoms with Crippen LogP contribution in [0.2, 0.25) is 0 Å². The van der Waals surface area contributed by atoms with Gasteiger partial charge in [-0.1, -0.05) is 0 Å². The van der Waals surface area contributed by atoms with Gasteiger partial charge in [0.05, 0.1) is 13.2 Å². The first-order valence-corrected chi connectivity index (χ1v) is 4.84. The summed E-state index contributed by atoms with van der Waals surface area (Å²) in [7, 11) is 1.28. The molecule has 0 saturated carbocycles. The Morgan fingerprint density at radius 3 is 2.60 bits per heavy atom. The molecule has 1 atom stereocenters. The number of β-amino-alcohol motifs (C(OH)–C–C–N with tert-alkyl or cyclic N) is 1. The minimum atomic E-state index is -4.24. The summed E-state index contributed by atoms with van der Waals surface area (Å²) < 4.78 is 43.2. The Balaban J connectivity index is 2.69. The van der Waals surface area contributed by atoms with Crippen molar-refractivity contribution in [1.82, 2.24) is 4.90 Å². The van der Waals surface area contributed by atoms with Crippen LogP contribution in [0.25, 0.3) is 0 Å². The predicted octanol–water partition coefficient (Wildman–Crippen LogP) is 0.880. The lowest BCUT2D eigenvalue weighted by Gasteiger charge is -2.31. The third-order valence-corrected chi connectivity index (χ3v) is 2.87. The number of methoxy groups -OCH3 is 1. The van der Waals surface area contributed by atoms with Crippen molar-refractivity contribution in [2.24, 2.45) is 5.41 Å². The maximum atomic E-state index is 12.8. The van der Waals surface area contributed by atoms with Gasteiger partial charge < -0.3 is 14.7 Å². The molecule has 15 heavy (non-hydrogen) atoms. The maximum absolute atomic E-state index is 12.8. The van der Waals surface area contributed by atoms with E-state index in [4.69, 9.17) is 5.11 Å². The van der Waals surface area contributed by atoms with Crippen LogP contribution < -0.4 is 0 Å². The monoisotopic (exact) mass is 227 g/mol. The van der Waals surface area contributed by atoms with Crippen molar-refractivity contribution >= 4 is 0 Å². The summed E-state index contributed by atoms with van der Waals surface area (Å²) in [6.45, 7) is 0.162. The van der Waals surface area contributed by atoms with Crippen molar-refractivity contribution < 1.29 is 23.0 Å². The molecule has 1 rings (SSSR count). The molecule has 0 aliphatic carbocycles. The van der Waals surface area contributed by atoms with Gasteiger partial charge in [-0.3, -0.25) is 0 Å². The largest absolute Gasteiger partial charge is 0.397 e. The third kappa shape index (κ3) is 2.62. The van der Waals surface area contributed by atoms with Crippen molar-refractivity contribution in [3.05, 3.63) is 0 Å². The number of hydrogen-bond acceptors (Lipinski definition) is 3. The molecule has 0 bridgehead atoms. The van der Waals surface area contributed by atoms with Gasteiger partial charge in [-0.05, 0) is 13.0 Å². The summed E-state index contributed by atoms with van der Waals surface area (Å²) >= 11 is 0. The number of nitrogens with zero attached hydrogens (tertiary/aromatic N) is 1. The average Bonchev–Trinajstić information content (AvgIpc) is 2.50. The first-order valence-electron chi connectivity index (χ1n) is 4.84. The Morgan fingerprint density at radius 1 is 1.47 bits per heavy atom. The van der Waals surface area contributed by atoms with Crippen molar-refractivity contribution in [2.45, 2.75) is 12.6 Å². The molecular formula is C9H16F3NO2. The van der Waals surface area contributed by atoms with E-state index in [1.165, 1.54) is 7.11 Å². The van der Waals surface area contributed by atoms with Crippen molar-refractivity contribution in [3.63, 3.8) is 0 Å². The number of aliphatic hydroxyl groups is 1. The second-order valence-corrected chi connectivity index (χ2v) is 3.96. The maximum Gasteiger partial charge on any atom is 0.397 e. The molecule has 3 nitrogen and oxygen atoms in total. The van der Waals surface area contributed by atoms with Crippen LogP contribution in [0, 0.1) is 5.41 Å². The molecule has 1 aliphatic rings. The molecule has 0 radical (unpaired) electrons. The molecule has 0 spiro atoms. The minimum absolute atomic E-state index is 0.0460. The number of aliphatic hydroxyl groups excluding tert-OH is 1. The van der Waals surface area contributed by atoms with E-state index in [0.29, 0.717) is 13.1 Å². The van der Waals surface area contributed by atoms with Crippen LogP contribution in [0.4, 0.5) is 13.2 Å². The number of hydrogen-bond donors (Lipinski definition) is 1. The van der Waals surface area contributed by atoms with Crippen LogP contribution in [-0.2, 0) is 4.74 Å². The van der Waals surface area contributed by atoms with Crippen LogP contribution >= 0.6 is 0 Å². The van der Waals surface area contributed by atoms with Crippen LogP contribution in [0.15, 0.2) is 0 Å². The highest BCUT2D eigenvalue weighted by atomic mass is 19.4. The van der Waals surface area contributed by atoms with E-state index in [1.54, 1.807) is 4.90 Å². The molecule has 0 aromatic heterocycles. The molecule has 1 N–H and O–H groups in total. The smallest absolute Gasteiger partial charge is 0.395 e. The summed E-state index contributed by atoms with van der Waals surface area (Å²) in [6.07, 6.45) is -4.20. The van der Waals surface area contributed by atoms with Gasteiger partial charge in [0.1, 0.15) is 5.41 Å². The van der Waals surface area contributed by atoms with E-state index in [2.05, 4.69) is 4.74 Å². The van der Waals surface area contributed by atoms with Gasteiger partial charge in [-0.15, -0.1) is 0 Å². The first kappa shape index (κ1) is 12.7. The summed E-state index contributed by atoms with van der Waals surface area (Å²) in [6, 6.07) is 0. The van der Waals surface area contributed by atoms with Crippen molar-refractivity contribution in [1.29, 1.82) is 0 Å². The first-order chi connectivity index (χ1) is 6.95. The molecule has 90 valence electrons. The van der Waals surface area contributed by atoms with Crippen LogP contribution in [0.3, 0.4) is 0 Å². The molecular weight excluding hydrogens is 211 g/mol. The SMILES string of the molecule is COCC1(C(F)(F)F)CCN(CCO)C1. The topological polar surface area (TPSA) is 32.7 Å². The van der Waals surface area contributed by atoms with E-state index in [-0.39, 0.29) is 26.2 Å². The van der Waals surface area contributed by atoms with Crippen LogP contribution in [0.5, 0.6) is 0 Å². The van der Waals surface area contributed by atoms with Crippen LogP contribution in [-0.4, -0.2) is 56.1 Å². The van der Waals surface area contributed by atoms with Gasteiger partial charge in [0, 0.05) is 20.2 Å². The normalized spacial score (nSPS) is 28.6. The van der Waals surface area contributed by atoms with Gasteiger partial charge in [0.25, 0.3) is 0 Å². The van der Waals surface area contributed by atoms with Gasteiger partial charge >= 0.3 is 6.18 Å². The standard InChI is InChI=1S/C9H16F3NO2/c1-15-7-8(9(10,11)12)2-3-13(6-8)4-5-14/h14H,2-7H2,1H3.